The molecule has 4 rings (SSSR count). The molecule has 0 saturated carbocycles. The van der Waals surface area contributed by atoms with E-state index in [0.29, 0.717) is 17.1 Å². The predicted octanol–water partition coefficient (Wildman–Crippen LogP) is 4.15. The van der Waals surface area contributed by atoms with E-state index in [1.807, 2.05) is 23.6 Å². The van der Waals surface area contributed by atoms with Gasteiger partial charge in [-0.2, -0.15) is 18.3 Å². The maximum absolute atomic E-state index is 13.2. The van der Waals surface area contributed by atoms with E-state index in [9.17, 15) is 18.0 Å². The highest BCUT2D eigenvalue weighted by Gasteiger charge is 2.32. The molecule has 0 unspecified atom stereocenters. The molecule has 0 saturated heterocycles. The number of amides is 1. The highest BCUT2D eigenvalue weighted by molar-refractivity contribution is 5.96. The van der Waals surface area contributed by atoms with Crippen LogP contribution < -0.4 is 5.32 Å². The quantitative estimate of drug-likeness (QED) is 0.488. The van der Waals surface area contributed by atoms with Gasteiger partial charge in [-0.05, 0) is 49.7 Å². The number of carbonyl (C=O) groups excluding carboxylic acids is 1. The first-order valence-electron chi connectivity index (χ1n) is 9.69. The third-order valence-electron chi connectivity index (χ3n) is 5.08. The average Bonchev–Trinajstić information content (AvgIpc) is 3.40. The van der Waals surface area contributed by atoms with Crippen molar-refractivity contribution in [1.82, 2.24) is 30.0 Å². The van der Waals surface area contributed by atoms with Crippen molar-refractivity contribution in [2.45, 2.75) is 26.1 Å². The van der Waals surface area contributed by atoms with Gasteiger partial charge in [-0.25, -0.2) is 9.97 Å². The Hall–Kier alpha value is -3.95. The van der Waals surface area contributed by atoms with E-state index in [4.69, 9.17) is 0 Å². The molecule has 0 aliphatic carbocycles. The van der Waals surface area contributed by atoms with Gasteiger partial charge in [0.25, 0.3) is 5.91 Å². The molecule has 0 radical (unpaired) electrons. The van der Waals surface area contributed by atoms with E-state index >= 15 is 0 Å². The minimum absolute atomic E-state index is 0.219. The van der Waals surface area contributed by atoms with Crippen LogP contribution in [0.4, 0.5) is 13.2 Å². The van der Waals surface area contributed by atoms with Gasteiger partial charge in [-0.1, -0.05) is 18.2 Å². The fourth-order valence-corrected chi connectivity index (χ4v) is 3.60. The Morgan fingerprint density at radius 2 is 1.91 bits per heavy atom. The van der Waals surface area contributed by atoms with E-state index in [1.165, 1.54) is 18.5 Å². The summed E-state index contributed by atoms with van der Waals surface area (Å²) in [6.45, 7) is 3.63. The van der Waals surface area contributed by atoms with Gasteiger partial charge in [0.2, 0.25) is 0 Å². The smallest absolute Gasteiger partial charge is 0.338 e. The van der Waals surface area contributed by atoms with Crippen molar-refractivity contribution >= 4 is 5.91 Å². The lowest BCUT2D eigenvalue weighted by molar-refractivity contribution is -0.137. The maximum Gasteiger partial charge on any atom is 0.416 e. The first kappa shape index (κ1) is 21.3. The lowest BCUT2D eigenvalue weighted by Gasteiger charge is -2.18. The van der Waals surface area contributed by atoms with Crippen LogP contribution in [0.5, 0.6) is 0 Å². The molecule has 0 aliphatic heterocycles. The standard InChI is InChI=1S/C22H19F3N6O/c1-13-10-17(14(2)31(13)18-8-3-4-9-26-18)21(32)29-19(20-27-12-28-30-20)15-6-5-7-16(11-15)22(23,24)25/h3-12,19H,1-2H3,(H,29,32)(H,27,28,30)/t19-/m0/s1. The molecule has 0 bridgehead atoms. The summed E-state index contributed by atoms with van der Waals surface area (Å²) < 4.78 is 41.5. The molecule has 0 aliphatic rings. The molecule has 1 amide bonds. The molecule has 1 aromatic carbocycles. The van der Waals surface area contributed by atoms with E-state index < -0.39 is 23.7 Å². The van der Waals surface area contributed by atoms with Crippen LogP contribution in [0, 0.1) is 13.8 Å². The number of hydrogen-bond acceptors (Lipinski definition) is 4. The van der Waals surface area contributed by atoms with Gasteiger partial charge >= 0.3 is 6.18 Å². The number of hydrogen-bond donors (Lipinski definition) is 2. The van der Waals surface area contributed by atoms with Crippen molar-refractivity contribution in [3.05, 3.63) is 95.0 Å². The molecule has 4 aromatic rings. The molecule has 7 nitrogen and oxygen atoms in total. The molecule has 0 fully saturated rings. The number of aromatic amines is 1. The summed E-state index contributed by atoms with van der Waals surface area (Å²) in [6, 6.07) is 11.0. The van der Waals surface area contributed by atoms with Gasteiger partial charge in [0.15, 0.2) is 5.82 Å². The van der Waals surface area contributed by atoms with Gasteiger partial charge in [0.05, 0.1) is 11.1 Å². The van der Waals surface area contributed by atoms with Crippen LogP contribution >= 0.6 is 0 Å². The Labute approximate surface area is 181 Å². The van der Waals surface area contributed by atoms with Crippen molar-refractivity contribution in [3.63, 3.8) is 0 Å². The number of rotatable bonds is 5. The summed E-state index contributed by atoms with van der Waals surface area (Å²) in [5.41, 5.74) is 1.23. The third-order valence-corrected chi connectivity index (χ3v) is 5.08. The van der Waals surface area contributed by atoms with Crippen LogP contribution in [0.2, 0.25) is 0 Å². The van der Waals surface area contributed by atoms with Crippen molar-refractivity contribution in [3.8, 4) is 5.82 Å². The number of carbonyl (C=O) groups is 1. The zero-order chi connectivity index (χ0) is 22.9. The molecule has 164 valence electrons. The SMILES string of the molecule is Cc1cc(C(=O)N[C@@H](c2cccc(C(F)(F)F)c2)c2ncn[nH]2)c(C)n1-c1ccccn1. The number of alkyl halides is 3. The summed E-state index contributed by atoms with van der Waals surface area (Å²) in [5.74, 6) is 0.418. The predicted molar refractivity (Wildman–Crippen MR) is 110 cm³/mol. The number of benzene rings is 1. The van der Waals surface area contributed by atoms with Crippen LogP contribution in [0.1, 0.15) is 44.7 Å². The Morgan fingerprint density at radius 1 is 1.09 bits per heavy atom. The number of nitrogens with one attached hydrogen (secondary N) is 2. The Kier molecular flexibility index (Phi) is 5.52. The molecule has 3 aromatic heterocycles. The Morgan fingerprint density at radius 3 is 2.56 bits per heavy atom. The van der Waals surface area contributed by atoms with Gasteiger partial charge < -0.3 is 9.88 Å². The molecule has 2 N–H and O–H groups in total. The highest BCUT2D eigenvalue weighted by atomic mass is 19.4. The summed E-state index contributed by atoms with van der Waals surface area (Å²) in [5, 5.41) is 9.20. The van der Waals surface area contributed by atoms with Gasteiger partial charge in [0, 0.05) is 17.6 Å². The number of halogens is 3. The van der Waals surface area contributed by atoms with Gasteiger partial charge in [0.1, 0.15) is 18.2 Å². The van der Waals surface area contributed by atoms with E-state index in [-0.39, 0.29) is 11.4 Å². The maximum atomic E-state index is 13.2. The number of H-pyrrole nitrogens is 1. The topological polar surface area (TPSA) is 88.5 Å². The van der Waals surface area contributed by atoms with Gasteiger partial charge in [-0.15, -0.1) is 0 Å². The lowest BCUT2D eigenvalue weighted by Crippen LogP contribution is -2.30. The molecule has 0 spiro atoms. The van der Waals surface area contributed by atoms with E-state index in [2.05, 4.69) is 25.5 Å². The fraction of sp³-hybridized carbons (Fsp3) is 0.182. The lowest BCUT2D eigenvalue weighted by atomic mass is 10.0. The number of aryl methyl sites for hydroxylation is 1. The average molecular weight is 440 g/mol. The van der Waals surface area contributed by atoms with Crippen LogP contribution in [0.3, 0.4) is 0 Å². The van der Waals surface area contributed by atoms with E-state index in [0.717, 1.165) is 17.8 Å². The highest BCUT2D eigenvalue weighted by Crippen LogP contribution is 2.32. The summed E-state index contributed by atoms with van der Waals surface area (Å²) in [4.78, 5) is 21.6. The van der Waals surface area contributed by atoms with Crippen LogP contribution in [-0.2, 0) is 6.18 Å². The molecular weight excluding hydrogens is 421 g/mol. The third kappa shape index (κ3) is 4.11. The second-order valence-electron chi connectivity index (χ2n) is 7.21. The summed E-state index contributed by atoms with van der Waals surface area (Å²) in [6.07, 6.45) is -1.63. The van der Waals surface area contributed by atoms with Crippen LogP contribution in [0.25, 0.3) is 5.82 Å². The Bertz CT molecular complexity index is 1230. The van der Waals surface area contributed by atoms with Crippen LogP contribution in [0.15, 0.2) is 61.1 Å². The minimum Gasteiger partial charge on any atom is -0.338 e. The van der Waals surface area contributed by atoms with E-state index in [1.54, 1.807) is 25.3 Å². The first-order chi connectivity index (χ1) is 15.3. The zero-order valence-corrected chi connectivity index (χ0v) is 17.2. The molecule has 1 atom stereocenters. The molecule has 10 heteroatoms. The Balaban J connectivity index is 1.70. The number of pyridine rings is 1. The second-order valence-corrected chi connectivity index (χ2v) is 7.21. The zero-order valence-electron chi connectivity index (χ0n) is 17.2. The first-order valence-corrected chi connectivity index (χ1v) is 9.69. The number of aromatic nitrogens is 5. The van der Waals surface area contributed by atoms with Crippen molar-refractivity contribution in [2.75, 3.05) is 0 Å². The summed E-state index contributed by atoms with van der Waals surface area (Å²) >= 11 is 0. The summed E-state index contributed by atoms with van der Waals surface area (Å²) in [7, 11) is 0. The number of nitrogens with zero attached hydrogens (tertiary/aromatic N) is 4. The van der Waals surface area contributed by atoms with Crippen molar-refractivity contribution < 1.29 is 18.0 Å². The normalized spacial score (nSPS) is 12.5. The minimum atomic E-state index is -4.51. The monoisotopic (exact) mass is 440 g/mol. The largest absolute Gasteiger partial charge is 0.416 e. The second kappa shape index (κ2) is 8.29. The van der Waals surface area contributed by atoms with Crippen molar-refractivity contribution in [1.29, 1.82) is 0 Å². The fourth-order valence-electron chi connectivity index (χ4n) is 3.60. The van der Waals surface area contributed by atoms with Crippen LogP contribution in [-0.4, -0.2) is 30.6 Å². The van der Waals surface area contributed by atoms with Crippen molar-refractivity contribution in [2.24, 2.45) is 0 Å². The molecule has 32 heavy (non-hydrogen) atoms. The molecule has 3 heterocycles. The van der Waals surface area contributed by atoms with Gasteiger partial charge in [-0.3, -0.25) is 9.89 Å². The molecular formula is C22H19F3N6O.